The van der Waals surface area contributed by atoms with Gasteiger partial charge in [-0.3, -0.25) is 4.79 Å². The van der Waals surface area contributed by atoms with Crippen LogP contribution >= 0.6 is 12.4 Å². The Bertz CT molecular complexity index is 591. The van der Waals surface area contributed by atoms with Crippen LogP contribution in [0.15, 0.2) is 18.2 Å². The van der Waals surface area contributed by atoms with Crippen molar-refractivity contribution in [1.82, 2.24) is 10.2 Å². The first kappa shape index (κ1) is 20.1. The number of nitrogens with zero attached hydrogens (tertiary/aromatic N) is 1. The minimum absolute atomic E-state index is 0. The van der Waals surface area contributed by atoms with Gasteiger partial charge in [0.05, 0.1) is 5.54 Å². The minimum atomic E-state index is -0.305. The largest absolute Gasteiger partial charge is 0.490 e. The Balaban J connectivity index is 0.00000225. The number of likely N-dealkylation sites (tertiary alicyclic amines) is 1. The van der Waals surface area contributed by atoms with E-state index in [1.165, 1.54) is 11.1 Å². The molecule has 0 aliphatic carbocycles. The molecule has 2 aliphatic rings. The molecule has 0 spiro atoms. The van der Waals surface area contributed by atoms with Gasteiger partial charge in [-0.1, -0.05) is 19.1 Å². The van der Waals surface area contributed by atoms with Crippen molar-refractivity contribution in [2.45, 2.75) is 64.5 Å². The van der Waals surface area contributed by atoms with Gasteiger partial charge in [0, 0.05) is 25.9 Å². The van der Waals surface area contributed by atoms with Gasteiger partial charge in [0.2, 0.25) is 5.91 Å². The van der Waals surface area contributed by atoms with E-state index in [1.807, 2.05) is 4.90 Å². The van der Waals surface area contributed by atoms with Gasteiger partial charge in [-0.25, -0.2) is 0 Å². The van der Waals surface area contributed by atoms with Crippen LogP contribution in [0.5, 0.6) is 5.75 Å². The van der Waals surface area contributed by atoms with Crippen LogP contribution in [0, 0.1) is 13.8 Å². The number of rotatable bonds is 4. The van der Waals surface area contributed by atoms with Crippen molar-refractivity contribution in [3.8, 4) is 5.75 Å². The molecule has 3 rings (SSSR count). The van der Waals surface area contributed by atoms with Crippen molar-refractivity contribution in [1.29, 1.82) is 0 Å². The van der Waals surface area contributed by atoms with Crippen LogP contribution in [0.25, 0.3) is 0 Å². The molecule has 25 heavy (non-hydrogen) atoms. The average Bonchev–Trinajstić information content (AvgIpc) is 3.08. The van der Waals surface area contributed by atoms with E-state index >= 15 is 0 Å². The van der Waals surface area contributed by atoms with E-state index in [9.17, 15) is 4.79 Å². The maximum Gasteiger partial charge on any atom is 0.242 e. The van der Waals surface area contributed by atoms with Gasteiger partial charge in [-0.05, 0) is 56.8 Å². The highest BCUT2D eigenvalue weighted by molar-refractivity contribution is 5.86. The molecule has 140 valence electrons. The zero-order valence-electron chi connectivity index (χ0n) is 15.6. The maximum atomic E-state index is 12.9. The highest BCUT2D eigenvalue weighted by atomic mass is 35.5. The Kier molecular flexibility index (Phi) is 6.75. The standard InChI is InChI=1S/C20H30N2O2.ClH/c1-4-20(10-5-11-21-20)19(23)22-12-8-17(9-13-22)24-18-14-15(2)6-7-16(18)3;/h6-7,14,17,21H,4-5,8-13H2,1-3H3;1H. The molecule has 1 amide bonds. The molecule has 2 aliphatic heterocycles. The van der Waals surface area contributed by atoms with Gasteiger partial charge in [0.1, 0.15) is 11.9 Å². The fourth-order valence-electron chi connectivity index (χ4n) is 3.94. The monoisotopic (exact) mass is 366 g/mol. The summed E-state index contributed by atoms with van der Waals surface area (Å²) in [4.78, 5) is 15.0. The number of benzene rings is 1. The Morgan fingerprint density at radius 3 is 2.64 bits per heavy atom. The summed E-state index contributed by atoms with van der Waals surface area (Å²) < 4.78 is 6.22. The number of nitrogens with one attached hydrogen (secondary N) is 1. The lowest BCUT2D eigenvalue weighted by atomic mass is 9.91. The fraction of sp³-hybridized carbons (Fsp3) is 0.650. The van der Waals surface area contributed by atoms with Crippen molar-refractivity contribution in [3.05, 3.63) is 29.3 Å². The Morgan fingerprint density at radius 2 is 2.04 bits per heavy atom. The summed E-state index contributed by atoms with van der Waals surface area (Å²) in [6.07, 6.45) is 5.00. The highest BCUT2D eigenvalue weighted by Crippen LogP contribution is 2.28. The first-order chi connectivity index (χ1) is 11.5. The van der Waals surface area contributed by atoms with Gasteiger partial charge in [0.25, 0.3) is 0 Å². The van der Waals surface area contributed by atoms with Crippen molar-refractivity contribution in [2.75, 3.05) is 19.6 Å². The molecule has 2 fully saturated rings. The average molecular weight is 367 g/mol. The summed E-state index contributed by atoms with van der Waals surface area (Å²) >= 11 is 0. The first-order valence-electron chi connectivity index (χ1n) is 9.32. The third-order valence-corrected chi connectivity index (χ3v) is 5.62. The third kappa shape index (κ3) is 4.29. The van der Waals surface area contributed by atoms with Crippen molar-refractivity contribution < 1.29 is 9.53 Å². The van der Waals surface area contributed by atoms with Crippen LogP contribution in [0.1, 0.15) is 50.2 Å². The Labute approximate surface area is 157 Å². The van der Waals surface area contributed by atoms with E-state index in [1.54, 1.807) is 0 Å². The summed E-state index contributed by atoms with van der Waals surface area (Å²) in [6, 6.07) is 6.34. The molecule has 0 radical (unpaired) electrons. The van der Waals surface area contributed by atoms with Crippen LogP contribution in [0.2, 0.25) is 0 Å². The summed E-state index contributed by atoms with van der Waals surface area (Å²) in [5, 5.41) is 3.46. The zero-order chi connectivity index (χ0) is 17.2. The van der Waals surface area contributed by atoms with Crippen LogP contribution in [-0.4, -0.2) is 42.1 Å². The third-order valence-electron chi connectivity index (χ3n) is 5.62. The number of piperidine rings is 1. The molecule has 0 bridgehead atoms. The second kappa shape index (κ2) is 8.41. The molecule has 2 saturated heterocycles. The van der Waals surface area contributed by atoms with E-state index < -0.39 is 0 Å². The first-order valence-corrected chi connectivity index (χ1v) is 9.32. The number of hydrogen-bond acceptors (Lipinski definition) is 3. The molecule has 1 atom stereocenters. The summed E-state index contributed by atoms with van der Waals surface area (Å²) in [7, 11) is 0. The number of halogens is 1. The van der Waals surface area contributed by atoms with Gasteiger partial charge in [-0.2, -0.15) is 0 Å². The van der Waals surface area contributed by atoms with Crippen LogP contribution in [-0.2, 0) is 4.79 Å². The molecule has 0 saturated carbocycles. The van der Waals surface area contributed by atoms with E-state index in [-0.39, 0.29) is 24.0 Å². The molecular formula is C20H31ClN2O2. The molecule has 0 aromatic heterocycles. The minimum Gasteiger partial charge on any atom is -0.490 e. The molecular weight excluding hydrogens is 336 g/mol. The van der Waals surface area contributed by atoms with Gasteiger partial charge in [0.15, 0.2) is 0 Å². The quantitative estimate of drug-likeness (QED) is 0.884. The SMILES string of the molecule is CCC1(C(=O)N2CCC(Oc3cc(C)ccc3C)CC2)CCCN1.Cl. The van der Waals surface area contributed by atoms with E-state index in [0.717, 1.165) is 57.5 Å². The Hall–Kier alpha value is -1.26. The van der Waals surface area contributed by atoms with Gasteiger partial charge >= 0.3 is 0 Å². The smallest absolute Gasteiger partial charge is 0.242 e. The number of carbonyl (C=O) groups is 1. The molecule has 1 aromatic carbocycles. The lowest BCUT2D eigenvalue weighted by Gasteiger charge is -2.38. The van der Waals surface area contributed by atoms with E-state index in [2.05, 4.69) is 44.3 Å². The normalized spacial score (nSPS) is 24.0. The lowest BCUT2D eigenvalue weighted by molar-refractivity contribution is -0.139. The molecule has 2 heterocycles. The van der Waals surface area contributed by atoms with Crippen LogP contribution in [0.3, 0.4) is 0 Å². The second-order valence-corrected chi connectivity index (χ2v) is 7.34. The van der Waals surface area contributed by atoms with Gasteiger partial charge < -0.3 is 15.0 Å². The zero-order valence-corrected chi connectivity index (χ0v) is 16.5. The van der Waals surface area contributed by atoms with E-state index in [0.29, 0.717) is 5.91 Å². The number of aryl methyl sites for hydroxylation is 2. The molecule has 4 nitrogen and oxygen atoms in total. The second-order valence-electron chi connectivity index (χ2n) is 7.34. The predicted molar refractivity (Wildman–Crippen MR) is 104 cm³/mol. The van der Waals surface area contributed by atoms with Crippen molar-refractivity contribution in [3.63, 3.8) is 0 Å². The van der Waals surface area contributed by atoms with Gasteiger partial charge in [-0.15, -0.1) is 12.4 Å². The summed E-state index contributed by atoms with van der Waals surface area (Å²) in [5.41, 5.74) is 2.10. The molecule has 1 aromatic rings. The number of hydrogen-bond donors (Lipinski definition) is 1. The van der Waals surface area contributed by atoms with Crippen molar-refractivity contribution in [2.24, 2.45) is 0 Å². The highest BCUT2D eigenvalue weighted by Gasteiger charge is 2.42. The summed E-state index contributed by atoms with van der Waals surface area (Å²) in [6.45, 7) is 8.87. The number of carbonyl (C=O) groups excluding carboxylic acids is 1. The fourth-order valence-corrected chi connectivity index (χ4v) is 3.94. The van der Waals surface area contributed by atoms with Crippen LogP contribution < -0.4 is 10.1 Å². The lowest BCUT2D eigenvalue weighted by Crippen LogP contribution is -2.56. The molecule has 1 N–H and O–H groups in total. The molecule has 1 unspecified atom stereocenters. The number of amides is 1. The van der Waals surface area contributed by atoms with Crippen LogP contribution in [0.4, 0.5) is 0 Å². The summed E-state index contributed by atoms with van der Waals surface area (Å²) in [5.74, 6) is 1.29. The Morgan fingerprint density at radius 1 is 1.32 bits per heavy atom. The van der Waals surface area contributed by atoms with Crippen molar-refractivity contribution >= 4 is 18.3 Å². The number of ether oxygens (including phenoxy) is 1. The topological polar surface area (TPSA) is 41.6 Å². The maximum absolute atomic E-state index is 12.9. The predicted octanol–water partition coefficient (Wildman–Crippen LogP) is 3.63. The van der Waals surface area contributed by atoms with E-state index in [4.69, 9.17) is 4.74 Å². The molecule has 5 heteroatoms.